The number of rotatable bonds is 0. The molecule has 10 nitrogen and oxygen atoms in total. The van der Waals surface area contributed by atoms with E-state index >= 15 is 0 Å². The summed E-state index contributed by atoms with van der Waals surface area (Å²) in [5, 5.41) is 17.7. The molecule has 4 heterocycles. The van der Waals surface area contributed by atoms with Crippen LogP contribution in [0.5, 0.6) is 0 Å². The lowest BCUT2D eigenvalue weighted by Gasteiger charge is -2.23. The maximum absolute atomic E-state index is 14.9. The molecule has 0 saturated carbocycles. The Labute approximate surface area is 386 Å². The Balaban J connectivity index is 1.06. The number of carbonyl (C=O) groups is 3. The summed E-state index contributed by atoms with van der Waals surface area (Å²) in [4.78, 5) is 81.0. The maximum atomic E-state index is 14.9. The van der Waals surface area contributed by atoms with Gasteiger partial charge in [-0.05, 0) is 59.7 Å². The molecule has 0 radical (unpaired) electrons. The van der Waals surface area contributed by atoms with Crippen LogP contribution in [-0.2, 0) is 0 Å². The molecule has 14 heteroatoms. The molecule has 1 unspecified atom stereocenters. The van der Waals surface area contributed by atoms with Crippen molar-refractivity contribution < 1.29 is 19.5 Å². The quantitative estimate of drug-likeness (QED) is 0.117. The van der Waals surface area contributed by atoms with Gasteiger partial charge in [0.05, 0.1) is 32.8 Å². The van der Waals surface area contributed by atoms with Gasteiger partial charge in [-0.1, -0.05) is 94.9 Å². The van der Waals surface area contributed by atoms with Crippen molar-refractivity contribution in [1.29, 1.82) is 0 Å². The number of nitrogens with zero attached hydrogens (tertiary/aromatic N) is 4. The molecule has 0 aliphatic heterocycles. The van der Waals surface area contributed by atoms with Gasteiger partial charge in [-0.15, -0.1) is 0 Å². The molecule has 2 aliphatic rings. The first-order valence-electron chi connectivity index (χ1n) is 20.6. The van der Waals surface area contributed by atoms with Gasteiger partial charge in [0.25, 0.3) is 11.1 Å². The highest BCUT2D eigenvalue weighted by Gasteiger charge is 2.35. The van der Waals surface area contributed by atoms with Gasteiger partial charge in [0.1, 0.15) is 17.4 Å². The molecule has 4 aromatic heterocycles. The van der Waals surface area contributed by atoms with Crippen molar-refractivity contribution in [2.75, 3.05) is 0 Å². The van der Waals surface area contributed by atoms with Crippen molar-refractivity contribution in [3.8, 4) is 0 Å². The van der Waals surface area contributed by atoms with Crippen molar-refractivity contribution in [3.63, 3.8) is 0 Å². The minimum Gasteiger partial charge on any atom is -0.384 e. The van der Waals surface area contributed by atoms with E-state index in [2.05, 4.69) is 0 Å². The Morgan fingerprint density at radius 1 is 0.409 bits per heavy atom. The summed E-state index contributed by atoms with van der Waals surface area (Å²) in [5.41, 5.74) is 3.50. The third-order valence-corrected chi connectivity index (χ3v) is 15.2. The number of pyridine rings is 2. The highest BCUT2D eigenvalue weighted by molar-refractivity contribution is 6.56. The third-order valence-electron chi connectivity index (χ3n) is 14.0. The van der Waals surface area contributed by atoms with Crippen LogP contribution in [0.25, 0.3) is 98.0 Å². The van der Waals surface area contributed by atoms with Gasteiger partial charge in [-0.25, -0.2) is 9.97 Å². The van der Waals surface area contributed by atoms with E-state index in [0.717, 1.165) is 0 Å². The number of hydrogen-bond acceptors (Lipinski definition) is 8. The molecule has 0 fully saturated rings. The van der Waals surface area contributed by atoms with Crippen molar-refractivity contribution >= 4 is 162 Å². The van der Waals surface area contributed by atoms with E-state index in [0.29, 0.717) is 98.2 Å². The lowest BCUT2D eigenvalue weighted by Crippen LogP contribution is -2.21. The molecule has 0 saturated heterocycles. The normalized spacial score (nSPS) is 15.1. The number of carbonyl (C=O) groups excluding carboxylic acids is 3. The van der Waals surface area contributed by atoms with Gasteiger partial charge < -0.3 is 5.11 Å². The molecule has 9 aromatic carbocycles. The molecule has 66 heavy (non-hydrogen) atoms. The summed E-state index contributed by atoms with van der Waals surface area (Å²) in [5.74, 6) is -0.927. The largest absolute Gasteiger partial charge is 0.384 e. The first kappa shape index (κ1) is 37.0. The van der Waals surface area contributed by atoms with Crippen molar-refractivity contribution in [2.45, 2.75) is 6.10 Å². The average molecular weight is 937 g/mol. The van der Waals surface area contributed by atoms with Crippen LogP contribution in [0.4, 0.5) is 0 Å². The monoisotopic (exact) mass is 934 g/mol. The fraction of sp³-hybridized carbons (Fsp3) is 0.0192. The zero-order chi connectivity index (χ0) is 44.7. The van der Waals surface area contributed by atoms with Gasteiger partial charge >= 0.3 is 0 Å². The zero-order valence-electron chi connectivity index (χ0n) is 33.1. The number of fused-ring (bicyclic) bond motifs is 14. The second-order valence-corrected chi connectivity index (χ2v) is 18.7. The summed E-state index contributed by atoms with van der Waals surface area (Å²) in [7, 11) is 0. The minimum absolute atomic E-state index is 0.169. The molecular formula is C52H18Cl4N4O6. The molecule has 0 amide bonds. The number of halogens is 4. The van der Waals surface area contributed by atoms with E-state index in [4.69, 9.17) is 56.4 Å². The van der Waals surface area contributed by atoms with E-state index in [1.807, 2.05) is 0 Å². The molecule has 15 rings (SSSR count). The first-order chi connectivity index (χ1) is 31.9. The maximum Gasteiger partial charge on any atom is 0.264 e. The van der Waals surface area contributed by atoms with Gasteiger partial charge in [-0.3, -0.25) is 32.8 Å². The molecule has 0 bridgehead atoms. The number of aliphatic hydroxyl groups is 1. The molecule has 310 valence electrons. The Kier molecular flexibility index (Phi) is 6.68. The zero-order valence-corrected chi connectivity index (χ0v) is 36.1. The molecular weight excluding hydrogens is 918 g/mol. The van der Waals surface area contributed by atoms with E-state index in [1.54, 1.807) is 97.1 Å². The van der Waals surface area contributed by atoms with Crippen LogP contribution in [-0.4, -0.2) is 41.2 Å². The number of hydrogen-bond donors (Lipinski definition) is 1. The molecule has 0 spiro atoms. The van der Waals surface area contributed by atoms with E-state index in [1.165, 1.54) is 8.80 Å². The van der Waals surface area contributed by atoms with Gasteiger partial charge in [0, 0.05) is 107 Å². The highest BCUT2D eigenvalue weighted by atomic mass is 35.5. The van der Waals surface area contributed by atoms with Crippen molar-refractivity contribution in [2.24, 2.45) is 0 Å². The predicted octanol–water partition coefficient (Wildman–Crippen LogP) is 11.3. The topological polar surface area (TPSA) is 140 Å². The molecule has 1 atom stereocenters. The van der Waals surface area contributed by atoms with Gasteiger partial charge in [-0.2, -0.15) is 0 Å². The number of ketones is 3. The average Bonchev–Trinajstić information content (AvgIpc) is 3.90. The number of benzene rings is 9. The summed E-state index contributed by atoms with van der Waals surface area (Å²) < 4.78 is 2.87. The van der Waals surface area contributed by atoms with Crippen LogP contribution < -0.4 is 11.1 Å². The summed E-state index contributed by atoms with van der Waals surface area (Å²) >= 11 is 29.5. The number of imidazole rings is 2. The Bertz CT molecular complexity index is 4750. The van der Waals surface area contributed by atoms with E-state index in [-0.39, 0.29) is 81.8 Å². The van der Waals surface area contributed by atoms with Crippen molar-refractivity contribution in [3.05, 3.63) is 182 Å². The van der Waals surface area contributed by atoms with Gasteiger partial charge in [0.2, 0.25) is 0 Å². The lowest BCUT2D eigenvalue weighted by atomic mass is 9.83. The molecule has 13 aromatic rings. The number of aliphatic hydroxyl groups excluding tert-OH is 1. The van der Waals surface area contributed by atoms with Crippen LogP contribution >= 0.6 is 46.4 Å². The Morgan fingerprint density at radius 2 is 0.818 bits per heavy atom. The van der Waals surface area contributed by atoms with Crippen LogP contribution in [0.2, 0.25) is 20.1 Å². The fourth-order valence-corrected chi connectivity index (χ4v) is 12.5. The smallest absolute Gasteiger partial charge is 0.264 e. The summed E-state index contributed by atoms with van der Waals surface area (Å²) in [6.07, 6.45) is -1.09. The van der Waals surface area contributed by atoms with Crippen LogP contribution in [0, 0.1) is 0 Å². The van der Waals surface area contributed by atoms with Gasteiger partial charge in [0.15, 0.2) is 17.3 Å². The van der Waals surface area contributed by atoms with Crippen LogP contribution in [0.15, 0.2) is 107 Å². The summed E-state index contributed by atoms with van der Waals surface area (Å²) in [6, 6.07) is 26.5. The fourth-order valence-electron chi connectivity index (χ4n) is 11.3. The van der Waals surface area contributed by atoms with Crippen LogP contribution in [0.1, 0.15) is 65.0 Å². The van der Waals surface area contributed by atoms with Crippen LogP contribution in [0.3, 0.4) is 0 Å². The standard InChI is InChI=1S/C52H18Cl4N4O6/c53-29-9-25-37-27(51(65)59-35-15-23-21(13-33(35)57-49(25)59)45(61)17-5-1-3-7-19(17)47(23)63)11-31(55)41-40-30(54)10-26-38-28(12-32(56)42(44(38)40)39(29)43(37)41)52(66)60-36-16-24-22(14-34(36)58-50(26)60)46(62)18-6-2-4-8-20(18)48(24)64/h1-16,45,61H. The Hall–Kier alpha value is -7.31. The lowest BCUT2D eigenvalue weighted by molar-refractivity contribution is 0.0979. The second-order valence-electron chi connectivity index (χ2n) is 17.1. The molecule has 1 N–H and O–H groups in total. The highest BCUT2D eigenvalue weighted by Crippen LogP contribution is 2.54. The Morgan fingerprint density at radius 3 is 1.33 bits per heavy atom. The first-order valence-corrected chi connectivity index (χ1v) is 22.1. The second kappa shape index (κ2) is 11.9. The minimum atomic E-state index is -1.09. The summed E-state index contributed by atoms with van der Waals surface area (Å²) in [6.45, 7) is 0. The number of aromatic nitrogens is 4. The molecule has 2 aliphatic carbocycles. The SMILES string of the molecule is O=C1c2ccccc2C(=O)c2cc3c(cc21)nc1c2cc(Cl)c4c5c(Cl)cc6c(=O)n7c8cc9c(cc8nc7c7cc(Cl)c(c8c(Cl)cc(c(=O)n31)c2c48)c5c67)C(O)c1ccccc1C9=O. The third kappa shape index (κ3) is 4.12. The predicted molar refractivity (Wildman–Crippen MR) is 257 cm³/mol. The van der Waals surface area contributed by atoms with E-state index in [9.17, 15) is 29.1 Å². The van der Waals surface area contributed by atoms with E-state index < -0.39 is 17.2 Å². The van der Waals surface area contributed by atoms with Crippen molar-refractivity contribution in [1.82, 2.24) is 18.8 Å².